The van der Waals surface area contributed by atoms with Gasteiger partial charge in [-0.1, -0.05) is 48.5 Å². The minimum atomic E-state index is -0.494. The predicted molar refractivity (Wildman–Crippen MR) is 117 cm³/mol. The van der Waals surface area contributed by atoms with Gasteiger partial charge >= 0.3 is 6.03 Å². The number of nitrogens with zero attached hydrogens (tertiary/aromatic N) is 1. The number of carbonyl (C=O) groups excluding carboxylic acids is 3. The van der Waals surface area contributed by atoms with Crippen LogP contribution in [-0.2, 0) is 9.59 Å². The van der Waals surface area contributed by atoms with Gasteiger partial charge in [0.15, 0.2) is 6.61 Å². The number of benzene rings is 3. The topological polar surface area (TPSA) is 87.7 Å². The van der Waals surface area contributed by atoms with E-state index in [9.17, 15) is 14.4 Å². The smallest absolute Gasteiger partial charge is 0.333 e. The minimum Gasteiger partial charge on any atom is -0.484 e. The largest absolute Gasteiger partial charge is 0.484 e. The molecular weight excluding hydrogens is 394 g/mol. The lowest BCUT2D eigenvalue weighted by atomic mass is 10.2. The van der Waals surface area contributed by atoms with Crippen LogP contribution in [0.3, 0.4) is 0 Å². The number of urea groups is 1. The molecule has 154 valence electrons. The molecule has 7 heteroatoms. The van der Waals surface area contributed by atoms with Gasteiger partial charge in [-0.05, 0) is 48.0 Å². The number of para-hydroxylation sites is 2. The fourth-order valence-electron chi connectivity index (χ4n) is 3.04. The summed E-state index contributed by atoms with van der Waals surface area (Å²) in [4.78, 5) is 37.9. The van der Waals surface area contributed by atoms with E-state index in [1.807, 2.05) is 24.3 Å². The van der Waals surface area contributed by atoms with E-state index in [-0.39, 0.29) is 18.2 Å². The number of rotatable bonds is 6. The highest BCUT2D eigenvalue weighted by Crippen LogP contribution is 2.22. The summed E-state index contributed by atoms with van der Waals surface area (Å²) in [6.45, 7) is -0.129. The first-order valence-electron chi connectivity index (χ1n) is 9.60. The predicted octanol–water partition coefficient (Wildman–Crippen LogP) is 3.80. The Morgan fingerprint density at radius 2 is 1.55 bits per heavy atom. The number of ether oxygens (including phenoxy) is 1. The van der Waals surface area contributed by atoms with Crippen LogP contribution in [0.4, 0.5) is 16.2 Å². The van der Waals surface area contributed by atoms with E-state index in [2.05, 4.69) is 10.6 Å². The average Bonchev–Trinajstić information content (AvgIpc) is 3.07. The summed E-state index contributed by atoms with van der Waals surface area (Å²) in [7, 11) is 0. The standard InChI is InChI=1S/C24H19N3O4/c28-22(25-18-7-3-1-4-8-18)16-31-20-13-11-17(12-14-20)15-21-23(29)27(24(30)26-21)19-9-5-2-6-10-19/h1-15H,16H2,(H,25,28)(H,26,30). The summed E-state index contributed by atoms with van der Waals surface area (Å²) in [5, 5.41) is 5.34. The van der Waals surface area contributed by atoms with Crippen molar-refractivity contribution in [3.05, 3.63) is 96.2 Å². The zero-order chi connectivity index (χ0) is 21.6. The van der Waals surface area contributed by atoms with Gasteiger partial charge in [0.25, 0.3) is 11.8 Å². The van der Waals surface area contributed by atoms with Crippen LogP contribution >= 0.6 is 0 Å². The van der Waals surface area contributed by atoms with Crippen molar-refractivity contribution in [1.29, 1.82) is 0 Å². The molecule has 1 fully saturated rings. The van der Waals surface area contributed by atoms with Crippen LogP contribution in [0, 0.1) is 0 Å². The quantitative estimate of drug-likeness (QED) is 0.475. The van der Waals surface area contributed by atoms with Crippen molar-refractivity contribution in [2.75, 3.05) is 16.8 Å². The van der Waals surface area contributed by atoms with Crippen molar-refractivity contribution >= 4 is 35.3 Å². The Morgan fingerprint density at radius 3 is 2.23 bits per heavy atom. The zero-order valence-corrected chi connectivity index (χ0v) is 16.4. The third-order valence-electron chi connectivity index (χ3n) is 4.51. The van der Waals surface area contributed by atoms with Gasteiger partial charge in [0, 0.05) is 5.69 Å². The molecule has 1 heterocycles. The van der Waals surface area contributed by atoms with E-state index < -0.39 is 11.9 Å². The first-order valence-corrected chi connectivity index (χ1v) is 9.60. The fourth-order valence-corrected chi connectivity index (χ4v) is 3.04. The summed E-state index contributed by atoms with van der Waals surface area (Å²) in [6.07, 6.45) is 1.59. The second-order valence-electron chi connectivity index (χ2n) is 6.74. The van der Waals surface area contributed by atoms with Gasteiger partial charge in [-0.15, -0.1) is 0 Å². The second-order valence-corrected chi connectivity index (χ2v) is 6.74. The van der Waals surface area contributed by atoms with Gasteiger partial charge < -0.3 is 15.4 Å². The van der Waals surface area contributed by atoms with Gasteiger partial charge in [0.1, 0.15) is 11.4 Å². The maximum absolute atomic E-state index is 12.6. The number of nitrogens with one attached hydrogen (secondary N) is 2. The molecule has 0 unspecified atom stereocenters. The molecule has 0 radical (unpaired) electrons. The molecule has 0 atom stereocenters. The molecule has 1 saturated heterocycles. The maximum Gasteiger partial charge on any atom is 0.333 e. The Balaban J connectivity index is 1.37. The lowest BCUT2D eigenvalue weighted by molar-refractivity contribution is -0.118. The van der Waals surface area contributed by atoms with Crippen molar-refractivity contribution in [3.63, 3.8) is 0 Å². The molecule has 4 amide bonds. The summed E-state index contributed by atoms with van der Waals surface area (Å²) < 4.78 is 5.50. The zero-order valence-electron chi connectivity index (χ0n) is 16.4. The molecular formula is C24H19N3O4. The van der Waals surface area contributed by atoms with Crippen molar-refractivity contribution < 1.29 is 19.1 Å². The van der Waals surface area contributed by atoms with E-state index >= 15 is 0 Å². The Morgan fingerprint density at radius 1 is 0.903 bits per heavy atom. The van der Waals surface area contributed by atoms with Crippen LogP contribution in [-0.4, -0.2) is 24.5 Å². The summed E-state index contributed by atoms with van der Waals surface area (Å²) in [6, 6.07) is 24.2. The number of hydrogen-bond donors (Lipinski definition) is 2. The minimum absolute atomic E-state index is 0.129. The van der Waals surface area contributed by atoms with Crippen molar-refractivity contribution in [2.24, 2.45) is 0 Å². The lowest BCUT2D eigenvalue weighted by Crippen LogP contribution is -2.30. The molecule has 0 spiro atoms. The number of anilines is 2. The number of amides is 4. The van der Waals surface area contributed by atoms with Crippen LogP contribution < -0.4 is 20.3 Å². The Kier molecular flexibility index (Phi) is 5.75. The molecule has 31 heavy (non-hydrogen) atoms. The average molecular weight is 413 g/mol. The highest BCUT2D eigenvalue weighted by Gasteiger charge is 2.34. The van der Waals surface area contributed by atoms with Crippen molar-refractivity contribution in [2.45, 2.75) is 0 Å². The molecule has 4 rings (SSSR count). The second kappa shape index (κ2) is 8.96. The molecule has 0 saturated carbocycles. The molecule has 3 aromatic rings. The van der Waals surface area contributed by atoms with Gasteiger partial charge in [-0.2, -0.15) is 0 Å². The van der Waals surface area contributed by atoms with Gasteiger partial charge in [0.05, 0.1) is 5.69 Å². The maximum atomic E-state index is 12.6. The molecule has 2 N–H and O–H groups in total. The van der Waals surface area contributed by atoms with E-state index in [4.69, 9.17) is 4.74 Å². The van der Waals surface area contributed by atoms with Gasteiger partial charge in [-0.3, -0.25) is 9.59 Å². The SMILES string of the molecule is O=C(COc1ccc(C=C2NC(=O)N(c3ccccc3)C2=O)cc1)Nc1ccccc1. The number of hydrogen-bond acceptors (Lipinski definition) is 4. The molecule has 3 aromatic carbocycles. The van der Waals surface area contributed by atoms with Crippen LogP contribution in [0.1, 0.15) is 5.56 Å². The normalized spacial score (nSPS) is 14.5. The highest BCUT2D eigenvalue weighted by atomic mass is 16.5. The monoisotopic (exact) mass is 413 g/mol. The molecule has 0 aliphatic carbocycles. The van der Waals surface area contributed by atoms with Crippen LogP contribution in [0.15, 0.2) is 90.6 Å². The molecule has 0 bridgehead atoms. The summed E-state index contributed by atoms with van der Waals surface area (Å²) in [5.41, 5.74) is 2.10. The first kappa shape index (κ1) is 19.9. The van der Waals surface area contributed by atoms with Crippen LogP contribution in [0.25, 0.3) is 6.08 Å². The van der Waals surface area contributed by atoms with Crippen LogP contribution in [0.2, 0.25) is 0 Å². The molecule has 1 aliphatic heterocycles. The van der Waals surface area contributed by atoms with Gasteiger partial charge in [0.2, 0.25) is 0 Å². The molecule has 0 aromatic heterocycles. The van der Waals surface area contributed by atoms with E-state index in [1.54, 1.807) is 66.7 Å². The summed E-state index contributed by atoms with van der Waals surface area (Å²) in [5.74, 6) is -0.176. The highest BCUT2D eigenvalue weighted by molar-refractivity contribution is 6.28. The lowest BCUT2D eigenvalue weighted by Gasteiger charge is -2.10. The van der Waals surface area contributed by atoms with E-state index in [0.29, 0.717) is 22.7 Å². The number of imide groups is 1. The van der Waals surface area contributed by atoms with Crippen molar-refractivity contribution in [3.8, 4) is 5.75 Å². The first-order chi connectivity index (χ1) is 15.1. The number of carbonyl (C=O) groups is 3. The molecule has 7 nitrogen and oxygen atoms in total. The Bertz CT molecular complexity index is 1130. The third-order valence-corrected chi connectivity index (χ3v) is 4.51. The van der Waals surface area contributed by atoms with Crippen LogP contribution in [0.5, 0.6) is 5.75 Å². The van der Waals surface area contributed by atoms with Gasteiger partial charge in [-0.25, -0.2) is 9.69 Å². The molecule has 1 aliphatic rings. The van der Waals surface area contributed by atoms with E-state index in [1.165, 1.54) is 0 Å². The Hall–Kier alpha value is -4.39. The third kappa shape index (κ3) is 4.79. The van der Waals surface area contributed by atoms with Crippen molar-refractivity contribution in [1.82, 2.24) is 5.32 Å². The Labute approximate surface area is 178 Å². The summed E-state index contributed by atoms with van der Waals surface area (Å²) >= 11 is 0. The fraction of sp³-hybridized carbons (Fsp3) is 0.0417. The van der Waals surface area contributed by atoms with E-state index in [0.717, 1.165) is 4.90 Å².